The first-order valence-corrected chi connectivity index (χ1v) is 3.18. The predicted octanol–water partition coefficient (Wildman–Crippen LogP) is 0.105. The van der Waals surface area contributed by atoms with Crippen LogP contribution in [0.5, 0.6) is 0 Å². The lowest BCUT2D eigenvalue weighted by molar-refractivity contribution is -0.151. The van der Waals surface area contributed by atoms with E-state index in [1.54, 1.807) is 0 Å². The van der Waals surface area contributed by atoms with E-state index in [2.05, 4.69) is 15.1 Å². The molecule has 0 spiro atoms. The number of hydrogen-bond donors (Lipinski definition) is 0. The van der Waals surface area contributed by atoms with Crippen molar-refractivity contribution in [2.45, 2.75) is 13.3 Å². The minimum Gasteiger partial charge on any atom is -0.464 e. The number of nitrogens with zero attached hydrogens (tertiary/aromatic N) is 1. The molecule has 0 rings (SSSR count). The molecule has 0 aliphatic heterocycles. The van der Waals surface area contributed by atoms with Crippen LogP contribution in [-0.4, -0.2) is 26.2 Å². The summed E-state index contributed by atoms with van der Waals surface area (Å²) >= 11 is 0. The van der Waals surface area contributed by atoms with E-state index in [1.807, 2.05) is 6.92 Å². The molecule has 0 saturated heterocycles. The molecule has 0 fully saturated rings. The minimum atomic E-state index is -0.368. The molecule has 0 amide bonds. The van der Waals surface area contributed by atoms with E-state index in [4.69, 9.17) is 0 Å². The SMILES string of the molecule is CCCOC(=O)CO[N]C. The van der Waals surface area contributed by atoms with Crippen LogP contribution in [0, 0.1) is 0 Å². The number of carbonyl (C=O) groups is 1. The molecule has 0 aromatic carbocycles. The fraction of sp³-hybridized carbons (Fsp3) is 0.833. The highest BCUT2D eigenvalue weighted by atomic mass is 16.7. The van der Waals surface area contributed by atoms with Gasteiger partial charge in [-0.3, -0.25) is 4.84 Å². The first-order chi connectivity index (χ1) is 4.81. The van der Waals surface area contributed by atoms with Crippen LogP contribution in [0.3, 0.4) is 0 Å². The zero-order valence-electron chi connectivity index (χ0n) is 6.29. The molecule has 0 saturated carbocycles. The van der Waals surface area contributed by atoms with Gasteiger partial charge in [0.15, 0.2) is 6.61 Å². The van der Waals surface area contributed by atoms with Crippen LogP contribution in [-0.2, 0) is 14.4 Å². The van der Waals surface area contributed by atoms with Gasteiger partial charge in [-0.1, -0.05) is 6.92 Å². The first-order valence-electron chi connectivity index (χ1n) is 3.18. The summed E-state index contributed by atoms with van der Waals surface area (Å²) in [5.41, 5.74) is 3.28. The molecule has 4 heteroatoms. The summed E-state index contributed by atoms with van der Waals surface area (Å²) in [6.45, 7) is 2.29. The third kappa shape index (κ3) is 5.53. The number of esters is 1. The average molecular weight is 146 g/mol. The second-order valence-corrected chi connectivity index (χ2v) is 1.68. The van der Waals surface area contributed by atoms with E-state index in [0.29, 0.717) is 6.61 Å². The third-order valence-corrected chi connectivity index (χ3v) is 0.779. The van der Waals surface area contributed by atoms with Gasteiger partial charge in [-0.15, -0.1) is 5.48 Å². The van der Waals surface area contributed by atoms with Crippen LogP contribution in [0.15, 0.2) is 0 Å². The van der Waals surface area contributed by atoms with E-state index in [9.17, 15) is 4.79 Å². The Kier molecular flexibility index (Phi) is 6.11. The normalized spacial score (nSPS) is 9.40. The lowest BCUT2D eigenvalue weighted by Gasteiger charge is -2.00. The maximum atomic E-state index is 10.6. The van der Waals surface area contributed by atoms with Gasteiger partial charge in [0.25, 0.3) is 0 Å². The molecule has 0 aliphatic carbocycles. The molecule has 0 heterocycles. The Morgan fingerprint density at radius 2 is 2.30 bits per heavy atom. The molecule has 10 heavy (non-hydrogen) atoms. The lowest BCUT2D eigenvalue weighted by atomic mass is 10.5. The molecule has 0 bridgehead atoms. The molecule has 0 aliphatic rings. The van der Waals surface area contributed by atoms with E-state index in [0.717, 1.165) is 6.42 Å². The monoisotopic (exact) mass is 146 g/mol. The van der Waals surface area contributed by atoms with Crippen LogP contribution >= 0.6 is 0 Å². The van der Waals surface area contributed by atoms with Crippen molar-refractivity contribution in [3.8, 4) is 0 Å². The topological polar surface area (TPSA) is 49.6 Å². The van der Waals surface area contributed by atoms with Crippen molar-refractivity contribution in [1.29, 1.82) is 0 Å². The molecule has 0 N–H and O–H groups in total. The fourth-order valence-corrected chi connectivity index (χ4v) is 0.375. The van der Waals surface area contributed by atoms with Crippen molar-refractivity contribution in [3.63, 3.8) is 0 Å². The number of ether oxygens (including phenoxy) is 1. The molecule has 4 nitrogen and oxygen atoms in total. The van der Waals surface area contributed by atoms with E-state index in [1.165, 1.54) is 7.05 Å². The predicted molar refractivity (Wildman–Crippen MR) is 35.3 cm³/mol. The van der Waals surface area contributed by atoms with E-state index < -0.39 is 0 Å². The summed E-state index contributed by atoms with van der Waals surface area (Å²) in [5, 5.41) is 0. The summed E-state index contributed by atoms with van der Waals surface area (Å²) < 4.78 is 4.67. The van der Waals surface area contributed by atoms with Crippen LogP contribution in [0.25, 0.3) is 0 Å². The molecule has 0 unspecified atom stereocenters. The van der Waals surface area contributed by atoms with Gasteiger partial charge in [-0.25, -0.2) is 4.79 Å². The highest BCUT2D eigenvalue weighted by Crippen LogP contribution is 1.82. The van der Waals surface area contributed by atoms with Crippen LogP contribution < -0.4 is 5.48 Å². The summed E-state index contributed by atoms with van der Waals surface area (Å²) in [6.07, 6.45) is 0.828. The quantitative estimate of drug-likeness (QED) is 0.408. The Morgan fingerprint density at radius 3 is 2.80 bits per heavy atom. The number of hydroxylamine groups is 1. The third-order valence-electron chi connectivity index (χ3n) is 0.779. The Labute approximate surface area is 60.5 Å². The number of hydrogen-bond acceptors (Lipinski definition) is 3. The van der Waals surface area contributed by atoms with Crippen molar-refractivity contribution in [2.24, 2.45) is 0 Å². The Morgan fingerprint density at radius 1 is 1.60 bits per heavy atom. The summed E-state index contributed by atoms with van der Waals surface area (Å²) in [7, 11) is 1.47. The zero-order chi connectivity index (χ0) is 7.82. The molecule has 0 atom stereocenters. The van der Waals surface area contributed by atoms with Crippen molar-refractivity contribution >= 4 is 5.97 Å². The van der Waals surface area contributed by atoms with Crippen molar-refractivity contribution in [1.82, 2.24) is 5.48 Å². The van der Waals surface area contributed by atoms with Gasteiger partial charge in [-0.05, 0) is 6.42 Å². The standard InChI is InChI=1S/C6H12NO3/c1-3-4-9-6(8)5-10-7-2/h3-5H2,1-2H3. The van der Waals surface area contributed by atoms with Crippen LogP contribution in [0.1, 0.15) is 13.3 Å². The van der Waals surface area contributed by atoms with E-state index >= 15 is 0 Å². The largest absolute Gasteiger partial charge is 0.464 e. The smallest absolute Gasteiger partial charge is 0.334 e. The number of rotatable bonds is 5. The van der Waals surface area contributed by atoms with Gasteiger partial charge >= 0.3 is 5.97 Å². The zero-order valence-corrected chi connectivity index (χ0v) is 6.29. The molecule has 0 aromatic heterocycles. The second kappa shape index (κ2) is 6.51. The Hall–Kier alpha value is -0.610. The summed E-state index contributed by atoms with van der Waals surface area (Å²) in [4.78, 5) is 15.0. The fourth-order valence-electron chi connectivity index (χ4n) is 0.375. The average Bonchev–Trinajstić information content (AvgIpc) is 1.97. The van der Waals surface area contributed by atoms with Crippen LogP contribution in [0.4, 0.5) is 0 Å². The first kappa shape index (κ1) is 9.39. The van der Waals surface area contributed by atoms with Crippen LogP contribution in [0.2, 0.25) is 0 Å². The highest BCUT2D eigenvalue weighted by molar-refractivity contribution is 5.70. The van der Waals surface area contributed by atoms with Gasteiger partial charge < -0.3 is 4.74 Å². The van der Waals surface area contributed by atoms with Gasteiger partial charge in [0, 0.05) is 7.05 Å². The van der Waals surface area contributed by atoms with Crippen molar-refractivity contribution in [3.05, 3.63) is 0 Å². The maximum Gasteiger partial charge on any atom is 0.334 e. The Bertz CT molecular complexity index is 85.0. The summed E-state index contributed by atoms with van der Waals surface area (Å²) in [6, 6.07) is 0. The second-order valence-electron chi connectivity index (χ2n) is 1.68. The molecule has 0 aromatic rings. The van der Waals surface area contributed by atoms with E-state index in [-0.39, 0.29) is 12.6 Å². The number of carbonyl (C=O) groups excluding carboxylic acids is 1. The molecule has 1 radical (unpaired) electrons. The minimum absolute atomic E-state index is 0.0868. The van der Waals surface area contributed by atoms with Crippen molar-refractivity contribution in [2.75, 3.05) is 20.3 Å². The molecular weight excluding hydrogens is 134 g/mol. The van der Waals surface area contributed by atoms with Gasteiger partial charge in [0.1, 0.15) is 0 Å². The van der Waals surface area contributed by atoms with Gasteiger partial charge in [0.2, 0.25) is 0 Å². The highest BCUT2D eigenvalue weighted by Gasteiger charge is 2.00. The lowest BCUT2D eigenvalue weighted by Crippen LogP contribution is -2.15. The molecule has 59 valence electrons. The maximum absolute atomic E-state index is 10.6. The van der Waals surface area contributed by atoms with Gasteiger partial charge in [-0.2, -0.15) is 0 Å². The van der Waals surface area contributed by atoms with Gasteiger partial charge in [0.05, 0.1) is 6.61 Å². The summed E-state index contributed by atoms with van der Waals surface area (Å²) in [5.74, 6) is -0.368. The molecular formula is C6H12NO3. The Balaban J connectivity index is 3.09. The van der Waals surface area contributed by atoms with Crippen molar-refractivity contribution < 1.29 is 14.4 Å².